The molecule has 0 aliphatic heterocycles. The van der Waals surface area contributed by atoms with Gasteiger partial charge in [-0.3, -0.25) is 0 Å². The Labute approximate surface area is 134 Å². The van der Waals surface area contributed by atoms with E-state index in [0.717, 1.165) is 11.3 Å². The topological polar surface area (TPSA) is 82.8 Å². The van der Waals surface area contributed by atoms with Gasteiger partial charge in [0.15, 0.2) is 0 Å². The lowest BCUT2D eigenvalue weighted by atomic mass is 10.2. The molecule has 0 bridgehead atoms. The Morgan fingerprint density at radius 3 is 2.39 bits per heavy atom. The van der Waals surface area contributed by atoms with Crippen LogP contribution in [0.4, 0.5) is 13.2 Å². The van der Waals surface area contributed by atoms with Crippen LogP contribution >= 0.6 is 12.4 Å². The third-order valence-corrected chi connectivity index (χ3v) is 2.93. The van der Waals surface area contributed by atoms with Crippen molar-refractivity contribution in [3.8, 4) is 17.1 Å². The highest BCUT2D eigenvalue weighted by Gasteiger charge is 2.38. The molecule has 3 rings (SSSR count). The van der Waals surface area contributed by atoms with E-state index in [1.807, 2.05) is 0 Å². The molecule has 0 aliphatic carbocycles. The van der Waals surface area contributed by atoms with Gasteiger partial charge in [-0.2, -0.15) is 23.3 Å². The third-order valence-electron chi connectivity index (χ3n) is 2.93. The molecule has 10 heteroatoms. The molecule has 23 heavy (non-hydrogen) atoms. The van der Waals surface area contributed by atoms with E-state index in [4.69, 9.17) is 5.73 Å². The molecule has 0 radical (unpaired) electrons. The smallest absolute Gasteiger partial charge is 0.329 e. The quantitative estimate of drug-likeness (QED) is 0.789. The van der Waals surface area contributed by atoms with Crippen molar-refractivity contribution < 1.29 is 17.7 Å². The second kappa shape index (κ2) is 6.39. The molecule has 3 aromatic rings. The van der Waals surface area contributed by atoms with Crippen LogP contribution in [0.3, 0.4) is 0 Å². The van der Waals surface area contributed by atoms with Crippen LogP contribution in [0.2, 0.25) is 0 Å². The van der Waals surface area contributed by atoms with Gasteiger partial charge in [-0.15, -0.1) is 12.4 Å². The average Bonchev–Trinajstić information content (AvgIpc) is 3.16. The van der Waals surface area contributed by atoms with Crippen LogP contribution in [0.15, 0.2) is 41.2 Å². The summed E-state index contributed by atoms with van der Waals surface area (Å²) in [5.74, 6) is -1.49. The van der Waals surface area contributed by atoms with Gasteiger partial charge in [0, 0.05) is 23.9 Å². The van der Waals surface area contributed by atoms with Crippen molar-refractivity contribution in [2.24, 2.45) is 5.73 Å². The molecular formula is C13H11ClF3N5O. The molecule has 2 heterocycles. The van der Waals surface area contributed by atoms with Gasteiger partial charge in [0.1, 0.15) is 0 Å². The number of benzene rings is 1. The van der Waals surface area contributed by atoms with Crippen molar-refractivity contribution >= 4 is 12.4 Å². The van der Waals surface area contributed by atoms with E-state index >= 15 is 0 Å². The van der Waals surface area contributed by atoms with Crippen LogP contribution in [-0.4, -0.2) is 19.9 Å². The highest BCUT2D eigenvalue weighted by molar-refractivity contribution is 5.85. The van der Waals surface area contributed by atoms with Gasteiger partial charge >= 0.3 is 12.1 Å². The Morgan fingerprint density at radius 1 is 1.17 bits per heavy atom. The van der Waals surface area contributed by atoms with Crippen molar-refractivity contribution in [2.75, 3.05) is 0 Å². The van der Waals surface area contributed by atoms with Crippen LogP contribution in [0.5, 0.6) is 0 Å². The van der Waals surface area contributed by atoms with E-state index < -0.39 is 12.1 Å². The van der Waals surface area contributed by atoms with Gasteiger partial charge < -0.3 is 10.3 Å². The summed E-state index contributed by atoms with van der Waals surface area (Å²) in [6, 6.07) is 6.55. The molecule has 122 valence electrons. The van der Waals surface area contributed by atoms with Crippen molar-refractivity contribution in [1.82, 2.24) is 19.9 Å². The summed E-state index contributed by atoms with van der Waals surface area (Å²) in [5.41, 5.74) is 7.53. The summed E-state index contributed by atoms with van der Waals surface area (Å²) in [6.07, 6.45) is -1.24. The highest BCUT2D eigenvalue weighted by atomic mass is 35.5. The number of nitrogens with zero attached hydrogens (tertiary/aromatic N) is 4. The molecule has 1 aromatic carbocycles. The Bertz CT molecular complexity index is 782. The van der Waals surface area contributed by atoms with Gasteiger partial charge in [-0.25, -0.2) is 4.68 Å². The molecule has 2 N–H and O–H groups in total. The summed E-state index contributed by atoms with van der Waals surface area (Å²) >= 11 is 0. The Morgan fingerprint density at radius 2 is 1.87 bits per heavy atom. The molecule has 2 aromatic heterocycles. The zero-order valence-corrected chi connectivity index (χ0v) is 12.3. The summed E-state index contributed by atoms with van der Waals surface area (Å²) in [6.45, 7) is 0.376. The SMILES string of the molecule is Cl.NCc1cnn(-c2ccc(-c3noc(C(F)(F)F)n3)cc2)c1. The van der Waals surface area contributed by atoms with Gasteiger partial charge in [-0.1, -0.05) is 5.16 Å². The number of hydrogen-bond donors (Lipinski definition) is 1. The summed E-state index contributed by atoms with van der Waals surface area (Å²) < 4.78 is 43.1. The van der Waals surface area contributed by atoms with Crippen molar-refractivity contribution in [3.05, 3.63) is 48.1 Å². The Balaban J connectivity index is 0.00000192. The minimum atomic E-state index is -4.65. The lowest BCUT2D eigenvalue weighted by molar-refractivity contribution is -0.159. The summed E-state index contributed by atoms with van der Waals surface area (Å²) in [5, 5.41) is 7.46. The molecule has 0 spiro atoms. The lowest BCUT2D eigenvalue weighted by Gasteiger charge is -2.01. The van der Waals surface area contributed by atoms with Gasteiger partial charge in [0.2, 0.25) is 5.82 Å². The van der Waals surface area contributed by atoms with E-state index in [-0.39, 0.29) is 18.2 Å². The number of halogens is 4. The molecular weight excluding hydrogens is 335 g/mol. The minimum Gasteiger partial charge on any atom is -0.329 e. The van der Waals surface area contributed by atoms with E-state index in [1.165, 1.54) is 0 Å². The van der Waals surface area contributed by atoms with Crippen LogP contribution in [0.1, 0.15) is 11.5 Å². The summed E-state index contributed by atoms with van der Waals surface area (Å²) in [7, 11) is 0. The highest BCUT2D eigenvalue weighted by Crippen LogP contribution is 2.29. The maximum absolute atomic E-state index is 12.4. The first-order valence-electron chi connectivity index (χ1n) is 6.22. The number of nitrogens with two attached hydrogens (primary N) is 1. The molecule has 0 atom stereocenters. The maximum Gasteiger partial charge on any atom is 0.471 e. The Hall–Kier alpha value is -2.39. The van der Waals surface area contributed by atoms with Crippen molar-refractivity contribution in [3.63, 3.8) is 0 Å². The molecule has 0 amide bonds. The fraction of sp³-hybridized carbons (Fsp3) is 0.154. The second-order valence-corrected chi connectivity index (χ2v) is 4.47. The fourth-order valence-electron chi connectivity index (χ4n) is 1.83. The maximum atomic E-state index is 12.4. The number of rotatable bonds is 3. The predicted molar refractivity (Wildman–Crippen MR) is 77.0 cm³/mol. The molecule has 0 aliphatic rings. The van der Waals surface area contributed by atoms with E-state index in [2.05, 4.69) is 19.8 Å². The molecule has 0 saturated carbocycles. The summed E-state index contributed by atoms with van der Waals surface area (Å²) in [4.78, 5) is 3.33. The minimum absolute atomic E-state index is 0. The van der Waals surface area contributed by atoms with Crippen molar-refractivity contribution in [2.45, 2.75) is 12.7 Å². The molecule has 0 fully saturated rings. The lowest BCUT2D eigenvalue weighted by Crippen LogP contribution is -2.04. The number of alkyl halides is 3. The predicted octanol–water partition coefficient (Wildman–Crippen LogP) is 2.82. The fourth-order valence-corrected chi connectivity index (χ4v) is 1.83. The normalized spacial score (nSPS) is 11.3. The first kappa shape index (κ1) is 17.0. The van der Waals surface area contributed by atoms with E-state index in [0.29, 0.717) is 12.1 Å². The first-order chi connectivity index (χ1) is 10.5. The van der Waals surface area contributed by atoms with Gasteiger partial charge in [0.05, 0.1) is 11.9 Å². The van der Waals surface area contributed by atoms with Crippen LogP contribution in [0.25, 0.3) is 17.1 Å². The first-order valence-corrected chi connectivity index (χ1v) is 6.22. The van der Waals surface area contributed by atoms with Crippen LogP contribution in [0, 0.1) is 0 Å². The monoisotopic (exact) mass is 345 g/mol. The Kier molecular flexibility index (Phi) is 4.71. The second-order valence-electron chi connectivity index (χ2n) is 4.47. The van der Waals surface area contributed by atoms with Crippen LogP contribution < -0.4 is 5.73 Å². The largest absolute Gasteiger partial charge is 0.471 e. The molecule has 6 nitrogen and oxygen atoms in total. The standard InChI is InChI=1S/C13H10F3N5O.ClH/c14-13(15,16)12-19-11(20-22-12)9-1-3-10(4-2-9)21-7-8(5-17)6-18-21;/h1-4,6-7H,5,17H2;1H. The zero-order valence-electron chi connectivity index (χ0n) is 11.5. The van der Waals surface area contributed by atoms with Crippen LogP contribution in [-0.2, 0) is 12.7 Å². The van der Waals surface area contributed by atoms with Gasteiger partial charge in [0.25, 0.3) is 0 Å². The van der Waals surface area contributed by atoms with Crippen molar-refractivity contribution in [1.29, 1.82) is 0 Å². The average molecular weight is 346 g/mol. The molecule has 0 unspecified atom stereocenters. The number of aromatic nitrogens is 4. The number of hydrogen-bond acceptors (Lipinski definition) is 5. The van der Waals surface area contributed by atoms with Gasteiger partial charge in [-0.05, 0) is 24.3 Å². The third kappa shape index (κ3) is 3.51. The van der Waals surface area contributed by atoms with E-state index in [1.54, 1.807) is 41.3 Å². The zero-order chi connectivity index (χ0) is 15.7. The van der Waals surface area contributed by atoms with E-state index in [9.17, 15) is 13.2 Å². The molecule has 0 saturated heterocycles.